The van der Waals surface area contributed by atoms with Crippen molar-refractivity contribution in [3.05, 3.63) is 0 Å². The Hall–Kier alpha value is -1.30. The second-order valence-electron chi connectivity index (χ2n) is 1.27. The maximum Gasteiger partial charge on any atom is 0.402 e. The Bertz CT molecular complexity index is 110. The van der Waals surface area contributed by atoms with E-state index in [0.717, 1.165) is 0 Å². The molecule has 0 aromatic heterocycles. The van der Waals surface area contributed by atoms with Crippen molar-refractivity contribution in [2.24, 2.45) is 11.5 Å². The molecule has 0 unspecified atom stereocenters. The van der Waals surface area contributed by atoms with Crippen LogP contribution in [0.4, 0.5) is 4.79 Å². The van der Waals surface area contributed by atoms with Crippen LogP contribution in [0.1, 0.15) is 6.42 Å². The van der Waals surface area contributed by atoms with Gasteiger partial charge < -0.3 is 21.7 Å². The lowest BCUT2D eigenvalue weighted by Gasteiger charge is -1.80. The van der Waals surface area contributed by atoms with Crippen molar-refractivity contribution in [3.63, 3.8) is 0 Å². The summed E-state index contributed by atoms with van der Waals surface area (Å²) in [5.41, 5.74) is 8.88. The Morgan fingerprint density at radius 1 is 1.30 bits per heavy atom. The molecule has 6 N–H and O–H groups in total. The van der Waals surface area contributed by atoms with Crippen LogP contribution >= 0.6 is 0 Å². The molecule has 0 bridgehead atoms. The van der Waals surface area contributed by atoms with Crippen molar-refractivity contribution < 1.29 is 19.8 Å². The van der Waals surface area contributed by atoms with Crippen LogP contribution in [0.5, 0.6) is 0 Å². The number of rotatable bonds is 2. The van der Waals surface area contributed by atoms with Gasteiger partial charge in [-0.05, 0) is 0 Å². The van der Waals surface area contributed by atoms with Crippen molar-refractivity contribution in [2.75, 3.05) is 6.54 Å². The Morgan fingerprint density at radius 2 is 1.60 bits per heavy atom. The highest BCUT2D eigenvalue weighted by Gasteiger charge is 1.87. The molecule has 0 aliphatic carbocycles. The van der Waals surface area contributed by atoms with Crippen LogP contribution in [0.3, 0.4) is 0 Å². The zero-order chi connectivity index (χ0) is 8.57. The largest absolute Gasteiger partial charge is 0.481 e. The molecule has 0 aromatic rings. The minimum Gasteiger partial charge on any atom is -0.481 e. The maximum atomic E-state index is 9.52. The van der Waals surface area contributed by atoms with E-state index in [1.54, 1.807) is 0 Å². The second-order valence-corrected chi connectivity index (χ2v) is 1.27. The Balaban J connectivity index is 0. The number of aliphatic carboxylic acids is 1. The van der Waals surface area contributed by atoms with Crippen LogP contribution in [0.25, 0.3) is 0 Å². The van der Waals surface area contributed by atoms with Gasteiger partial charge in [-0.2, -0.15) is 0 Å². The van der Waals surface area contributed by atoms with Gasteiger partial charge >= 0.3 is 12.1 Å². The quantitative estimate of drug-likeness (QED) is 0.403. The van der Waals surface area contributed by atoms with Crippen LogP contribution in [-0.4, -0.2) is 28.8 Å². The van der Waals surface area contributed by atoms with Gasteiger partial charge in [0.15, 0.2) is 0 Å². The molecule has 0 rings (SSSR count). The van der Waals surface area contributed by atoms with Crippen molar-refractivity contribution in [1.29, 1.82) is 0 Å². The van der Waals surface area contributed by atoms with Crippen LogP contribution < -0.4 is 11.5 Å². The molecule has 0 aliphatic heterocycles. The summed E-state index contributed by atoms with van der Waals surface area (Å²) in [6.07, 6.45) is -1.26. The zero-order valence-electron chi connectivity index (χ0n) is 5.28. The molecule has 0 aliphatic rings. The lowest BCUT2D eigenvalue weighted by molar-refractivity contribution is -0.136. The fourth-order valence-corrected chi connectivity index (χ4v) is 0.123. The number of carboxylic acid groups (broad SMARTS) is 2. The summed E-state index contributed by atoms with van der Waals surface area (Å²) in [5, 5.41) is 15.0. The van der Waals surface area contributed by atoms with E-state index >= 15 is 0 Å². The van der Waals surface area contributed by atoms with Gasteiger partial charge in [0.25, 0.3) is 0 Å². The van der Waals surface area contributed by atoms with E-state index in [1.165, 1.54) is 0 Å². The molecule has 60 valence electrons. The van der Waals surface area contributed by atoms with E-state index in [1.807, 2.05) is 0 Å². The molecule has 0 atom stereocenters. The highest BCUT2D eigenvalue weighted by molar-refractivity contribution is 5.66. The third kappa shape index (κ3) is 75.3. The summed E-state index contributed by atoms with van der Waals surface area (Å²) in [4.78, 5) is 18.3. The van der Waals surface area contributed by atoms with Crippen molar-refractivity contribution >= 4 is 12.1 Å². The van der Waals surface area contributed by atoms with E-state index in [0.29, 0.717) is 0 Å². The fraction of sp³-hybridized carbons (Fsp3) is 0.500. The van der Waals surface area contributed by atoms with Gasteiger partial charge in [-0.3, -0.25) is 4.79 Å². The third-order valence-electron chi connectivity index (χ3n) is 0.358. The molecule has 1 amide bonds. The van der Waals surface area contributed by atoms with Crippen LogP contribution in [0, 0.1) is 0 Å². The number of primary amides is 1. The fourth-order valence-electron chi connectivity index (χ4n) is 0.123. The lowest BCUT2D eigenvalue weighted by Crippen LogP contribution is -2.05. The molecule has 0 spiro atoms. The van der Waals surface area contributed by atoms with Crippen LogP contribution in [0.2, 0.25) is 0 Å². The molecule has 10 heavy (non-hydrogen) atoms. The molecule has 0 heterocycles. The summed E-state index contributed by atoms with van der Waals surface area (Å²) in [7, 11) is 0. The second kappa shape index (κ2) is 7.70. The highest BCUT2D eigenvalue weighted by atomic mass is 16.4. The molecule has 0 radical (unpaired) electrons. The molecule has 0 fully saturated rings. The summed E-state index contributed by atoms with van der Waals surface area (Å²) < 4.78 is 0. The summed E-state index contributed by atoms with van der Waals surface area (Å²) in [6, 6.07) is 0. The zero-order valence-corrected chi connectivity index (χ0v) is 5.28. The molecular formula is C4H10N2O4. The topological polar surface area (TPSA) is 127 Å². The van der Waals surface area contributed by atoms with E-state index in [2.05, 4.69) is 5.73 Å². The van der Waals surface area contributed by atoms with Crippen LogP contribution in [-0.2, 0) is 4.79 Å². The average Bonchev–Trinajstić information content (AvgIpc) is 1.62. The summed E-state index contributed by atoms with van der Waals surface area (Å²) in [6.45, 7) is 0.231. The van der Waals surface area contributed by atoms with E-state index in [4.69, 9.17) is 20.7 Å². The normalized spacial score (nSPS) is 7.30. The van der Waals surface area contributed by atoms with E-state index < -0.39 is 12.1 Å². The minimum absolute atomic E-state index is 0.0694. The van der Waals surface area contributed by atoms with Crippen molar-refractivity contribution in [2.45, 2.75) is 6.42 Å². The molecule has 6 heteroatoms. The summed E-state index contributed by atoms with van der Waals surface area (Å²) >= 11 is 0. The third-order valence-corrected chi connectivity index (χ3v) is 0.358. The van der Waals surface area contributed by atoms with Gasteiger partial charge in [0.1, 0.15) is 0 Å². The minimum atomic E-state index is -1.33. The van der Waals surface area contributed by atoms with Gasteiger partial charge in [-0.15, -0.1) is 0 Å². The SMILES string of the molecule is NC(=O)O.NCCC(=O)O. The molecule has 0 saturated heterocycles. The highest BCUT2D eigenvalue weighted by Crippen LogP contribution is 1.67. The standard InChI is InChI=1S/C3H7NO2.CH3NO2/c4-2-1-3(5)6;2-1(3)4/h1-2,4H2,(H,5,6);2H2,(H,3,4). The number of hydrogen-bond acceptors (Lipinski definition) is 3. The number of nitrogens with two attached hydrogens (primary N) is 2. The van der Waals surface area contributed by atoms with Gasteiger partial charge in [0.05, 0.1) is 6.42 Å². The molecular weight excluding hydrogens is 140 g/mol. The first-order valence-electron chi connectivity index (χ1n) is 2.41. The van der Waals surface area contributed by atoms with E-state index in [-0.39, 0.29) is 13.0 Å². The molecule has 0 aromatic carbocycles. The van der Waals surface area contributed by atoms with Gasteiger partial charge in [0, 0.05) is 6.54 Å². The average molecular weight is 150 g/mol. The van der Waals surface area contributed by atoms with Gasteiger partial charge in [-0.1, -0.05) is 0 Å². The van der Waals surface area contributed by atoms with Crippen LogP contribution in [0.15, 0.2) is 0 Å². The smallest absolute Gasteiger partial charge is 0.402 e. The first-order valence-corrected chi connectivity index (χ1v) is 2.41. The van der Waals surface area contributed by atoms with Gasteiger partial charge in [-0.25, -0.2) is 4.79 Å². The number of carboxylic acids is 1. The Labute approximate surface area is 57.4 Å². The molecule has 0 saturated carbocycles. The number of carbonyl (C=O) groups is 2. The Kier molecular flexibility index (Phi) is 8.85. The number of hydrogen-bond donors (Lipinski definition) is 4. The Morgan fingerprint density at radius 3 is 1.60 bits per heavy atom. The number of amides is 1. The first kappa shape index (κ1) is 11.5. The maximum absolute atomic E-state index is 9.52. The van der Waals surface area contributed by atoms with Crippen molar-refractivity contribution in [3.8, 4) is 0 Å². The predicted molar refractivity (Wildman–Crippen MR) is 33.5 cm³/mol. The molecule has 6 nitrogen and oxygen atoms in total. The summed E-state index contributed by atoms with van der Waals surface area (Å²) in [5.74, 6) is -0.836. The predicted octanol–water partition coefficient (Wildman–Crippen LogP) is -0.957. The van der Waals surface area contributed by atoms with Crippen molar-refractivity contribution in [1.82, 2.24) is 0 Å². The van der Waals surface area contributed by atoms with E-state index in [9.17, 15) is 4.79 Å². The monoisotopic (exact) mass is 150 g/mol. The van der Waals surface area contributed by atoms with Gasteiger partial charge in [0.2, 0.25) is 0 Å². The lowest BCUT2D eigenvalue weighted by atomic mass is 10.5. The first-order chi connectivity index (χ1) is 4.50.